The fourth-order valence-corrected chi connectivity index (χ4v) is 2.16. The summed E-state index contributed by atoms with van der Waals surface area (Å²) in [5.41, 5.74) is 4.11. The number of nitrogens with zero attached hydrogens (tertiary/aromatic N) is 1. The van der Waals surface area contributed by atoms with Gasteiger partial charge in [-0.2, -0.15) is 0 Å². The minimum atomic E-state index is -0.936. The Morgan fingerprint density at radius 3 is 2.65 bits per heavy atom. The summed E-state index contributed by atoms with van der Waals surface area (Å²) in [5, 5.41) is 3.87. The zero-order valence-electron chi connectivity index (χ0n) is 11.5. The van der Waals surface area contributed by atoms with Crippen molar-refractivity contribution in [2.45, 2.75) is 19.8 Å². The smallest absolute Gasteiger partial charge is 0.253 e. The Kier molecular flexibility index (Phi) is 4.02. The van der Waals surface area contributed by atoms with Crippen LogP contribution in [0.3, 0.4) is 0 Å². The minimum absolute atomic E-state index is 0.146. The van der Waals surface area contributed by atoms with Crippen LogP contribution in [0.25, 0.3) is 0 Å². The van der Waals surface area contributed by atoms with Crippen LogP contribution >= 0.6 is 0 Å². The third-order valence-corrected chi connectivity index (χ3v) is 3.28. The summed E-state index contributed by atoms with van der Waals surface area (Å²) in [6.07, 6.45) is 0.648. The summed E-state index contributed by atoms with van der Waals surface area (Å²) in [4.78, 5) is 35.2. The highest BCUT2D eigenvalue weighted by atomic mass is 16.2. The second-order valence-electron chi connectivity index (χ2n) is 4.69. The number of hydrogen-bond acceptors (Lipinski definition) is 3. The highest BCUT2D eigenvalue weighted by Gasteiger charge is 2.38. The first-order valence-corrected chi connectivity index (χ1v) is 6.48. The van der Waals surface area contributed by atoms with Gasteiger partial charge in [0, 0.05) is 19.2 Å². The molecular weight excluding hydrogens is 258 g/mol. The Labute approximate surface area is 117 Å². The van der Waals surface area contributed by atoms with Gasteiger partial charge in [-0.15, -0.1) is 0 Å². The van der Waals surface area contributed by atoms with Crippen molar-refractivity contribution in [1.29, 1.82) is 0 Å². The molecule has 6 heteroatoms. The van der Waals surface area contributed by atoms with Crippen LogP contribution in [0.5, 0.6) is 0 Å². The average Bonchev–Trinajstić information content (AvgIpc) is 2.66. The lowest BCUT2D eigenvalue weighted by Gasteiger charge is -2.11. The number of rotatable bonds is 4. The summed E-state index contributed by atoms with van der Waals surface area (Å²) >= 11 is 0. The molecule has 0 aromatic heterocycles. The summed E-state index contributed by atoms with van der Waals surface area (Å²) in [5.74, 6) is -2.09. The quantitative estimate of drug-likeness (QED) is 0.794. The maximum Gasteiger partial charge on any atom is 0.253 e. The molecule has 0 radical (unpaired) electrons. The van der Waals surface area contributed by atoms with Gasteiger partial charge < -0.3 is 5.32 Å². The van der Waals surface area contributed by atoms with E-state index < -0.39 is 11.8 Å². The van der Waals surface area contributed by atoms with E-state index in [2.05, 4.69) is 10.7 Å². The van der Waals surface area contributed by atoms with Crippen LogP contribution < -0.4 is 10.7 Å². The Bertz CT molecular complexity index is 556. The van der Waals surface area contributed by atoms with E-state index in [1.165, 1.54) is 7.05 Å². The molecule has 6 nitrogen and oxygen atoms in total. The molecule has 1 unspecified atom stereocenters. The number of anilines is 1. The molecule has 1 atom stereocenters. The van der Waals surface area contributed by atoms with Crippen molar-refractivity contribution in [2.24, 2.45) is 5.92 Å². The van der Waals surface area contributed by atoms with Crippen molar-refractivity contribution in [3.63, 3.8) is 0 Å². The zero-order valence-corrected chi connectivity index (χ0v) is 11.5. The molecule has 1 saturated heterocycles. The predicted molar refractivity (Wildman–Crippen MR) is 73.5 cm³/mol. The molecule has 3 amide bonds. The summed E-state index contributed by atoms with van der Waals surface area (Å²) in [7, 11) is 1.46. The second-order valence-corrected chi connectivity index (χ2v) is 4.69. The number of para-hydroxylation sites is 1. The summed E-state index contributed by atoms with van der Waals surface area (Å²) in [6.45, 7) is 1.99. The van der Waals surface area contributed by atoms with Crippen LogP contribution in [0.4, 0.5) is 5.69 Å². The highest BCUT2D eigenvalue weighted by Crippen LogP contribution is 2.18. The number of benzene rings is 1. The average molecular weight is 275 g/mol. The first-order valence-electron chi connectivity index (χ1n) is 6.48. The van der Waals surface area contributed by atoms with Crippen LogP contribution in [0, 0.1) is 5.92 Å². The van der Waals surface area contributed by atoms with E-state index >= 15 is 0 Å². The normalized spacial score (nSPS) is 18.1. The van der Waals surface area contributed by atoms with Crippen LogP contribution in [0.15, 0.2) is 24.3 Å². The van der Waals surface area contributed by atoms with Gasteiger partial charge in [0.25, 0.3) is 11.8 Å². The van der Waals surface area contributed by atoms with E-state index in [1.54, 1.807) is 6.07 Å². The maximum atomic E-state index is 12.0. The largest absolute Gasteiger partial charge is 0.326 e. The van der Waals surface area contributed by atoms with E-state index in [0.29, 0.717) is 0 Å². The van der Waals surface area contributed by atoms with Gasteiger partial charge in [0.05, 0.1) is 0 Å². The van der Waals surface area contributed by atoms with Gasteiger partial charge >= 0.3 is 0 Å². The molecule has 0 spiro atoms. The number of nitrogens with one attached hydrogen (secondary N) is 2. The van der Waals surface area contributed by atoms with Gasteiger partial charge in [0.1, 0.15) is 5.92 Å². The van der Waals surface area contributed by atoms with Gasteiger partial charge in [0.15, 0.2) is 0 Å². The topological polar surface area (TPSA) is 78.5 Å². The van der Waals surface area contributed by atoms with E-state index in [4.69, 9.17) is 0 Å². The molecule has 1 heterocycles. The van der Waals surface area contributed by atoms with Crippen LogP contribution in [0.2, 0.25) is 0 Å². The van der Waals surface area contributed by atoms with Gasteiger partial charge in [-0.25, -0.2) is 0 Å². The molecule has 1 aromatic rings. The molecule has 1 aromatic carbocycles. The number of amides is 3. The van der Waals surface area contributed by atoms with Crippen LogP contribution in [-0.2, 0) is 20.8 Å². The Hall–Kier alpha value is -2.37. The van der Waals surface area contributed by atoms with Crippen molar-refractivity contribution in [3.05, 3.63) is 29.8 Å². The number of hydrogen-bond donors (Lipinski definition) is 2. The third-order valence-electron chi connectivity index (χ3n) is 3.28. The Morgan fingerprint density at radius 1 is 1.35 bits per heavy atom. The lowest BCUT2D eigenvalue weighted by atomic mass is 10.0. The molecule has 2 N–H and O–H groups in total. The Balaban J connectivity index is 2.03. The van der Waals surface area contributed by atoms with Gasteiger partial charge in [-0.1, -0.05) is 25.1 Å². The predicted octanol–water partition coefficient (Wildman–Crippen LogP) is 0.697. The number of carbonyl (C=O) groups excluding carboxylic acids is 3. The van der Waals surface area contributed by atoms with Crippen LogP contribution in [-0.4, -0.2) is 29.8 Å². The molecule has 0 saturated carbocycles. The molecule has 0 bridgehead atoms. The first kappa shape index (κ1) is 14.0. The van der Waals surface area contributed by atoms with Crippen molar-refractivity contribution in [2.75, 3.05) is 12.4 Å². The van der Waals surface area contributed by atoms with Crippen molar-refractivity contribution in [1.82, 2.24) is 10.4 Å². The lowest BCUT2D eigenvalue weighted by molar-refractivity contribution is -0.134. The van der Waals surface area contributed by atoms with E-state index in [1.807, 2.05) is 25.1 Å². The monoisotopic (exact) mass is 275 g/mol. The molecule has 1 aliphatic rings. The Morgan fingerprint density at radius 2 is 2.05 bits per heavy atom. The molecule has 20 heavy (non-hydrogen) atoms. The maximum absolute atomic E-state index is 12.0. The summed E-state index contributed by atoms with van der Waals surface area (Å²) in [6, 6.07) is 7.46. The first-order chi connectivity index (χ1) is 9.52. The number of aryl methyl sites for hydroxylation is 1. The third kappa shape index (κ3) is 2.79. The summed E-state index contributed by atoms with van der Waals surface area (Å²) < 4.78 is 0. The molecule has 1 fully saturated rings. The fourth-order valence-electron chi connectivity index (χ4n) is 2.16. The van der Waals surface area contributed by atoms with Crippen LogP contribution in [0.1, 0.15) is 18.9 Å². The van der Waals surface area contributed by atoms with Crippen molar-refractivity contribution >= 4 is 23.4 Å². The second kappa shape index (κ2) is 5.73. The van der Waals surface area contributed by atoms with Crippen molar-refractivity contribution < 1.29 is 14.4 Å². The van der Waals surface area contributed by atoms with Gasteiger partial charge in [0.2, 0.25) is 5.91 Å². The van der Waals surface area contributed by atoms with Gasteiger partial charge in [-0.05, 0) is 18.1 Å². The highest BCUT2D eigenvalue weighted by molar-refractivity contribution is 6.08. The lowest BCUT2D eigenvalue weighted by Crippen LogP contribution is -2.31. The fraction of sp³-hybridized carbons (Fsp3) is 0.357. The number of hydrazine groups is 1. The van der Waals surface area contributed by atoms with E-state index in [9.17, 15) is 14.4 Å². The minimum Gasteiger partial charge on any atom is -0.326 e. The molecule has 0 aliphatic carbocycles. The number of carbonyl (C=O) groups is 3. The van der Waals surface area contributed by atoms with Crippen molar-refractivity contribution in [3.8, 4) is 0 Å². The molecular formula is C14H17N3O3. The van der Waals surface area contributed by atoms with E-state index in [0.717, 1.165) is 22.7 Å². The van der Waals surface area contributed by atoms with E-state index in [-0.39, 0.29) is 18.2 Å². The molecule has 106 valence electrons. The SMILES string of the molecule is CCc1ccccc1NC(=O)CC1C(=O)NN(C)C1=O. The molecule has 1 aliphatic heterocycles. The van der Waals surface area contributed by atoms with Gasteiger partial charge in [-0.3, -0.25) is 24.8 Å². The molecule has 2 rings (SSSR count). The standard InChI is InChI=1S/C14H17N3O3/c1-3-9-6-4-5-7-11(9)15-12(18)8-10-13(19)16-17(2)14(10)20/h4-7,10H,3,8H2,1-2H3,(H,15,18)(H,16,19). The zero-order chi connectivity index (χ0) is 14.7.